The first-order chi connectivity index (χ1) is 12.3. The average Bonchev–Trinajstić information content (AvgIpc) is 2.58. The van der Waals surface area contributed by atoms with Crippen molar-refractivity contribution in [2.75, 3.05) is 10.6 Å². The van der Waals surface area contributed by atoms with Gasteiger partial charge in [-0.3, -0.25) is 0 Å². The highest BCUT2D eigenvalue weighted by molar-refractivity contribution is 5.64. The van der Waals surface area contributed by atoms with E-state index in [0.29, 0.717) is 0 Å². The molecule has 0 saturated heterocycles. The molecule has 0 spiro atoms. The van der Waals surface area contributed by atoms with Crippen LogP contribution in [0.4, 0.5) is 36.3 Å². The van der Waals surface area contributed by atoms with Crippen LogP contribution >= 0.6 is 0 Å². The molecule has 0 bridgehead atoms. The fourth-order valence-electron chi connectivity index (χ4n) is 2.46. The van der Waals surface area contributed by atoms with Crippen LogP contribution in [0.25, 0.3) is 0 Å². The van der Waals surface area contributed by atoms with Crippen molar-refractivity contribution in [2.24, 2.45) is 0 Å². The number of anilines is 4. The third-order valence-electron chi connectivity index (χ3n) is 3.74. The quantitative estimate of drug-likeness (QED) is 0.687. The molecular weight excluding hydrogens is 343 g/mol. The molecule has 134 valence electrons. The zero-order valence-corrected chi connectivity index (χ0v) is 14.1. The molecule has 0 aliphatic carbocycles. The fraction of sp³-hybridized carbons (Fsp3) is 0.167. The minimum absolute atomic E-state index is 0.249. The molecule has 0 saturated carbocycles. The Labute approximate surface area is 148 Å². The summed E-state index contributed by atoms with van der Waals surface area (Å²) in [5.74, 6) is 0.535. The number of para-hydroxylation sites is 1. The molecule has 2 N–H and O–H groups in total. The molecule has 0 unspecified atom stereocenters. The van der Waals surface area contributed by atoms with Crippen LogP contribution in [-0.4, -0.2) is 15.2 Å². The van der Waals surface area contributed by atoms with E-state index in [0.717, 1.165) is 28.9 Å². The summed E-state index contributed by atoms with van der Waals surface area (Å²) < 4.78 is 38.4. The van der Waals surface area contributed by atoms with Gasteiger partial charge in [-0.05, 0) is 43.2 Å². The number of rotatable bonds is 4. The monoisotopic (exact) mass is 359 g/mol. The molecule has 3 aromatic rings. The van der Waals surface area contributed by atoms with Crippen LogP contribution in [0.1, 0.15) is 16.7 Å². The van der Waals surface area contributed by atoms with E-state index in [4.69, 9.17) is 0 Å². The summed E-state index contributed by atoms with van der Waals surface area (Å²) in [7, 11) is 0. The lowest BCUT2D eigenvalue weighted by molar-refractivity contribution is -0.137. The summed E-state index contributed by atoms with van der Waals surface area (Å²) in [6, 6.07) is 10.7. The number of hydrogen-bond donors (Lipinski definition) is 2. The van der Waals surface area contributed by atoms with Crippen LogP contribution in [0, 0.1) is 13.8 Å². The number of alkyl halides is 3. The zero-order chi connectivity index (χ0) is 18.7. The molecule has 0 aliphatic rings. The second-order valence-electron chi connectivity index (χ2n) is 5.76. The van der Waals surface area contributed by atoms with E-state index in [1.807, 2.05) is 32.0 Å². The van der Waals surface area contributed by atoms with Crippen LogP contribution in [-0.2, 0) is 6.18 Å². The Morgan fingerprint density at radius 2 is 1.62 bits per heavy atom. The Hall–Kier alpha value is -3.16. The number of nitrogens with one attached hydrogen (secondary N) is 2. The van der Waals surface area contributed by atoms with Crippen molar-refractivity contribution in [3.05, 3.63) is 65.4 Å². The summed E-state index contributed by atoms with van der Waals surface area (Å²) in [5, 5.41) is 13.7. The van der Waals surface area contributed by atoms with E-state index in [-0.39, 0.29) is 17.5 Å². The second-order valence-corrected chi connectivity index (χ2v) is 5.76. The van der Waals surface area contributed by atoms with Gasteiger partial charge in [-0.15, -0.1) is 5.10 Å². The van der Waals surface area contributed by atoms with Crippen molar-refractivity contribution in [1.82, 2.24) is 15.2 Å². The molecule has 0 aliphatic heterocycles. The highest BCUT2D eigenvalue weighted by atomic mass is 19.4. The molecule has 5 nitrogen and oxygen atoms in total. The minimum atomic E-state index is -4.41. The maximum Gasteiger partial charge on any atom is 0.416 e. The molecule has 8 heteroatoms. The van der Waals surface area contributed by atoms with Gasteiger partial charge < -0.3 is 10.6 Å². The Balaban J connectivity index is 1.82. The third kappa shape index (κ3) is 4.08. The highest BCUT2D eigenvalue weighted by Crippen LogP contribution is 2.31. The molecule has 1 aromatic heterocycles. The first kappa shape index (κ1) is 17.7. The Morgan fingerprint density at radius 3 is 2.31 bits per heavy atom. The minimum Gasteiger partial charge on any atom is -0.339 e. The van der Waals surface area contributed by atoms with E-state index >= 15 is 0 Å². The summed E-state index contributed by atoms with van der Waals surface area (Å²) in [6.45, 7) is 3.90. The van der Waals surface area contributed by atoms with Crippen molar-refractivity contribution in [3.8, 4) is 0 Å². The smallest absolute Gasteiger partial charge is 0.339 e. The molecular formula is C18H16F3N5. The van der Waals surface area contributed by atoms with Gasteiger partial charge in [-0.25, -0.2) is 0 Å². The molecule has 2 aromatic carbocycles. The normalized spacial score (nSPS) is 11.3. The van der Waals surface area contributed by atoms with Gasteiger partial charge in [0.15, 0.2) is 5.82 Å². The van der Waals surface area contributed by atoms with E-state index < -0.39 is 11.7 Å². The van der Waals surface area contributed by atoms with Crippen molar-refractivity contribution in [1.29, 1.82) is 0 Å². The van der Waals surface area contributed by atoms with Gasteiger partial charge in [0, 0.05) is 11.4 Å². The average molecular weight is 359 g/mol. The van der Waals surface area contributed by atoms with Gasteiger partial charge in [-0.2, -0.15) is 23.3 Å². The lowest BCUT2D eigenvalue weighted by atomic mass is 10.1. The summed E-state index contributed by atoms with van der Waals surface area (Å²) in [4.78, 5) is 4.26. The lowest BCUT2D eigenvalue weighted by Crippen LogP contribution is -2.06. The summed E-state index contributed by atoms with van der Waals surface area (Å²) >= 11 is 0. The van der Waals surface area contributed by atoms with E-state index in [1.165, 1.54) is 18.3 Å². The maximum absolute atomic E-state index is 12.8. The van der Waals surface area contributed by atoms with Gasteiger partial charge in [-0.1, -0.05) is 24.3 Å². The van der Waals surface area contributed by atoms with Crippen molar-refractivity contribution in [3.63, 3.8) is 0 Å². The van der Waals surface area contributed by atoms with Crippen molar-refractivity contribution >= 4 is 23.1 Å². The Morgan fingerprint density at radius 1 is 0.923 bits per heavy atom. The number of benzene rings is 2. The lowest BCUT2D eigenvalue weighted by Gasteiger charge is -2.12. The summed E-state index contributed by atoms with van der Waals surface area (Å²) in [5.41, 5.74) is 2.43. The molecule has 26 heavy (non-hydrogen) atoms. The molecule has 0 atom stereocenters. The standard InChI is InChI=1S/C18H16F3N5/c1-11-5-3-6-12(2)16(11)25-17-24-15(10-22-26-17)23-14-8-4-7-13(9-14)18(19,20)21/h3-10H,1-2H3,(H2,23,24,25,26). The van der Waals surface area contributed by atoms with Gasteiger partial charge >= 0.3 is 6.18 Å². The largest absolute Gasteiger partial charge is 0.416 e. The van der Waals surface area contributed by atoms with E-state index in [1.54, 1.807) is 0 Å². The Kier molecular flexibility index (Phi) is 4.75. The summed E-state index contributed by atoms with van der Waals surface area (Å²) in [6.07, 6.45) is -3.06. The van der Waals surface area contributed by atoms with E-state index in [9.17, 15) is 13.2 Å². The van der Waals surface area contributed by atoms with Crippen LogP contribution in [0.15, 0.2) is 48.7 Å². The van der Waals surface area contributed by atoms with Crippen LogP contribution in [0.3, 0.4) is 0 Å². The SMILES string of the molecule is Cc1cccc(C)c1Nc1nncc(Nc2cccc(C(F)(F)F)c2)n1. The second kappa shape index (κ2) is 6.99. The van der Waals surface area contributed by atoms with Crippen LogP contribution in [0.5, 0.6) is 0 Å². The van der Waals surface area contributed by atoms with Crippen LogP contribution in [0.2, 0.25) is 0 Å². The van der Waals surface area contributed by atoms with Gasteiger partial charge in [0.2, 0.25) is 5.95 Å². The van der Waals surface area contributed by atoms with Crippen molar-refractivity contribution in [2.45, 2.75) is 20.0 Å². The Bertz CT molecular complexity index is 904. The topological polar surface area (TPSA) is 62.7 Å². The number of aryl methyl sites for hydroxylation is 2. The fourth-order valence-corrected chi connectivity index (χ4v) is 2.46. The molecule has 0 fully saturated rings. The third-order valence-corrected chi connectivity index (χ3v) is 3.74. The number of halogens is 3. The predicted molar refractivity (Wildman–Crippen MR) is 93.8 cm³/mol. The molecule has 0 radical (unpaired) electrons. The maximum atomic E-state index is 12.8. The predicted octanol–water partition coefficient (Wildman–Crippen LogP) is 4.99. The van der Waals surface area contributed by atoms with Gasteiger partial charge in [0.05, 0.1) is 11.8 Å². The van der Waals surface area contributed by atoms with Crippen molar-refractivity contribution < 1.29 is 13.2 Å². The first-order valence-corrected chi connectivity index (χ1v) is 7.80. The number of nitrogens with zero attached hydrogens (tertiary/aromatic N) is 3. The van der Waals surface area contributed by atoms with Crippen LogP contribution < -0.4 is 10.6 Å². The highest BCUT2D eigenvalue weighted by Gasteiger charge is 2.30. The van der Waals surface area contributed by atoms with E-state index in [2.05, 4.69) is 25.8 Å². The van der Waals surface area contributed by atoms with Gasteiger partial charge in [0.25, 0.3) is 0 Å². The molecule has 3 rings (SSSR count). The first-order valence-electron chi connectivity index (χ1n) is 7.80. The van der Waals surface area contributed by atoms with Gasteiger partial charge in [0.1, 0.15) is 0 Å². The number of hydrogen-bond acceptors (Lipinski definition) is 5. The zero-order valence-electron chi connectivity index (χ0n) is 14.1. The molecule has 0 amide bonds. The number of aromatic nitrogens is 3. The molecule has 1 heterocycles.